The van der Waals surface area contributed by atoms with Crippen molar-refractivity contribution >= 4 is 156 Å². The topological polar surface area (TPSA) is 496 Å². The van der Waals surface area contributed by atoms with Gasteiger partial charge in [-0.05, 0) is 184 Å². The molecule has 13 rings (SSSR count). The van der Waals surface area contributed by atoms with E-state index in [1.165, 1.54) is 136 Å². The van der Waals surface area contributed by atoms with Crippen molar-refractivity contribution in [2.75, 3.05) is 19.1 Å². The molecular weight excluding hydrogens is 2220 g/mol. The van der Waals surface area contributed by atoms with Crippen LogP contribution in [0.1, 0.15) is 121 Å². The van der Waals surface area contributed by atoms with Crippen LogP contribution in [0.5, 0.6) is 5.75 Å². The van der Waals surface area contributed by atoms with Gasteiger partial charge in [-0.1, -0.05) is 216 Å². The van der Waals surface area contributed by atoms with Crippen LogP contribution in [0, 0.1) is 0 Å². The van der Waals surface area contributed by atoms with Crippen LogP contribution in [-0.2, 0) is 134 Å². The molecule has 0 fully saturated rings. The quantitative estimate of drug-likeness (QED) is 0.00985. The molecule has 0 bridgehead atoms. The Balaban J connectivity index is 0.000000201. The minimum absolute atomic E-state index is 0.00334. The number of aryl methyl sites for hydroxylation is 1. The Morgan fingerprint density at radius 1 is 0.361 bits per heavy atom. The number of hydrogen-bond donors (Lipinski definition) is 12. The van der Waals surface area contributed by atoms with E-state index in [4.69, 9.17) is 112 Å². The second kappa shape index (κ2) is 47.2. The first-order valence-electron chi connectivity index (χ1n) is 41.8. The number of carbonyl (C=O) groups is 3. The fourth-order valence-electron chi connectivity index (χ4n) is 14.5. The molecule has 1 atom stereocenters. The maximum absolute atomic E-state index is 14.4. The number of benzene rings is 12. The van der Waals surface area contributed by atoms with E-state index in [2.05, 4.69) is 11.0 Å². The second-order valence-electron chi connectivity index (χ2n) is 32.2. The first-order chi connectivity index (χ1) is 68.1. The summed E-state index contributed by atoms with van der Waals surface area (Å²) in [6.07, 6.45) is 4.03. The number of halogens is 15. The monoisotopic (exact) mass is 2300 g/mol. The van der Waals surface area contributed by atoms with Gasteiger partial charge in [0.15, 0.2) is 7.34 Å². The number of alkyl halides is 10. The van der Waals surface area contributed by atoms with E-state index in [0.29, 0.717) is 40.8 Å². The molecule has 12 aromatic rings. The Labute approximate surface area is 858 Å². The van der Waals surface area contributed by atoms with Crippen LogP contribution < -0.4 is 9.64 Å². The van der Waals surface area contributed by atoms with Crippen molar-refractivity contribution in [1.29, 1.82) is 0 Å². The molecule has 31 nitrogen and oxygen atoms in total. The molecule has 0 heterocycles. The molecule has 12 N–H and O–H groups in total. The third kappa shape index (κ3) is 28.0. The molecule has 0 aromatic heterocycles. The first kappa shape index (κ1) is 119. The lowest BCUT2D eigenvalue weighted by atomic mass is 10.0. The number of fused-ring (bicyclic) bond motifs is 1. The number of carboxylic acids is 2. The number of sulfonamides is 3. The van der Waals surface area contributed by atoms with E-state index in [9.17, 15) is 112 Å². The highest BCUT2D eigenvalue weighted by Crippen LogP contribution is 2.65. The highest BCUT2D eigenvalue weighted by molar-refractivity contribution is 7.89. The fraction of sp³-hybridized carbons (Fsp3) is 0.183. The molecule has 786 valence electrons. The largest absolute Gasteiger partial charge is 0.495 e. The van der Waals surface area contributed by atoms with Crippen LogP contribution in [-0.4, -0.2) is 136 Å². The summed E-state index contributed by atoms with van der Waals surface area (Å²) < 4.78 is 282. The van der Waals surface area contributed by atoms with Gasteiger partial charge in [-0.3, -0.25) is 18.3 Å². The molecule has 1 aliphatic carbocycles. The average molecular weight is 2310 g/mol. The lowest BCUT2D eigenvalue weighted by Crippen LogP contribution is -2.30. The third-order valence-corrected chi connectivity index (χ3v) is 34.2. The zero-order chi connectivity index (χ0) is 109. The molecule has 0 aliphatic heterocycles. The highest BCUT2D eigenvalue weighted by atomic mass is 35.5. The first-order valence-corrected chi connectivity index (χ1v) is 56.3. The van der Waals surface area contributed by atoms with Gasteiger partial charge in [-0.15, -0.1) is 0 Å². The van der Waals surface area contributed by atoms with Crippen LogP contribution in [0.3, 0.4) is 0 Å². The van der Waals surface area contributed by atoms with Gasteiger partial charge in [0.1, 0.15) is 10.6 Å². The smallest absolute Gasteiger partial charge is 0.399 e. The van der Waals surface area contributed by atoms with Crippen molar-refractivity contribution in [1.82, 2.24) is 12.9 Å². The summed E-state index contributed by atoms with van der Waals surface area (Å²) in [7, 11) is -38.2. The highest BCUT2D eigenvalue weighted by Gasteiger charge is 2.56. The summed E-state index contributed by atoms with van der Waals surface area (Å²) in [6, 6.07) is 60.7. The lowest BCUT2D eigenvalue weighted by Gasteiger charge is -2.33. The molecule has 0 amide bonds. The molecule has 0 radical (unpaired) electrons. The van der Waals surface area contributed by atoms with Crippen molar-refractivity contribution in [3.63, 3.8) is 0 Å². The number of nitrogens with zero attached hydrogens (tertiary/aromatic N) is 4. The standard InChI is InChI=1S/C24H21Cl2F4NO6P2.C23H21ClF2NO8PS.C23H21ClF2NO7PS.C23H21ClF2NO6PS/c25-20-11-14(5-8-18(20)23(27,28)38(32,33)34)13-31(22-10-6-15-3-1-2-4-17(15)22)16-7-9-19(21(26)12-16)24(29,30)39(35,36)37;1-35-20-4-2-3-5-21(20)37(33,34)27(13-15-6-9-17(10-7-15)22(28)29)14-16-8-11-18(19(24)12-16)23(25,26)36(30,31)32;1-34-22(28)18-10-7-16(8-11-18)14-27(36(32,33)19-5-3-2-4-6-19)15-17-9-12-20(21(24)13-17)23(25,26)35(29,30)31;1-34(30,31)23(25,26)20-12-9-17(13-21(20)24)15-27(35(32,33)19-5-3-2-4-6-19)14-16-7-10-18(11-8-16)22(28)29/h1-5,7-9,11-12,22H,6,10,13H2,(H2,32,33,34)(H2,35,36,37);2-12H,13-14H2,1H3,(H,28,29)(H2,30,31,32);2-13H,14-15H2,1H3,(H2,29,30,31);2-13,30-31H,1,14-15H2,(H,28,29). The number of methoxy groups -OCH3 is 2. The molecule has 12 aromatic carbocycles. The molecule has 1 unspecified atom stereocenters. The van der Waals surface area contributed by atoms with Gasteiger partial charge < -0.3 is 73.5 Å². The number of carbonyl (C=O) groups excluding carboxylic acids is 1. The fourth-order valence-corrected chi connectivity index (χ4v) is 23.5. The predicted molar refractivity (Wildman–Crippen MR) is 527 cm³/mol. The Bertz CT molecular complexity index is 7510. The van der Waals surface area contributed by atoms with E-state index < -0.39 is 167 Å². The molecular formula is C93H84Cl5F10N4O27P5S3. The summed E-state index contributed by atoms with van der Waals surface area (Å²) in [4.78, 5) is 127. The molecule has 0 saturated carbocycles. The van der Waals surface area contributed by atoms with E-state index >= 15 is 0 Å². The number of aromatic carboxylic acids is 2. The third-order valence-electron chi connectivity index (χ3n) is 22.2. The number of anilines is 1. The summed E-state index contributed by atoms with van der Waals surface area (Å²) in [6.45, 7) is -1.46. The van der Waals surface area contributed by atoms with E-state index in [1.807, 2.05) is 24.3 Å². The average Bonchev–Trinajstić information content (AvgIpc) is 1.61. The van der Waals surface area contributed by atoms with Crippen LogP contribution in [0.4, 0.5) is 49.6 Å². The summed E-state index contributed by atoms with van der Waals surface area (Å²) in [5.41, 5.74) is -22.3. The molecule has 0 spiro atoms. The van der Waals surface area contributed by atoms with Gasteiger partial charge in [0.25, 0.3) is 0 Å². The summed E-state index contributed by atoms with van der Waals surface area (Å²) >= 11 is 29.9. The van der Waals surface area contributed by atoms with Gasteiger partial charge >= 0.3 is 76.6 Å². The van der Waals surface area contributed by atoms with Gasteiger partial charge in [-0.2, -0.15) is 56.8 Å². The number of hydrogen-bond acceptors (Lipinski definition) is 18. The Kier molecular flexibility index (Phi) is 38.2. The van der Waals surface area contributed by atoms with E-state index in [0.717, 1.165) is 96.8 Å². The molecule has 1 aliphatic rings. The zero-order valence-corrected chi connectivity index (χ0v) is 86.2. The summed E-state index contributed by atoms with van der Waals surface area (Å²) in [5.74, 6) is -2.79. The molecule has 0 saturated heterocycles. The van der Waals surface area contributed by atoms with Crippen LogP contribution >= 0.6 is 95.7 Å². The van der Waals surface area contributed by atoms with Crippen molar-refractivity contribution in [2.24, 2.45) is 0 Å². The minimum Gasteiger partial charge on any atom is -0.495 e. The van der Waals surface area contributed by atoms with Crippen LogP contribution in [0.25, 0.3) is 0 Å². The normalized spacial score (nSPS) is 13.6. The van der Waals surface area contributed by atoms with E-state index in [-0.39, 0.29) is 106 Å². The van der Waals surface area contributed by atoms with E-state index in [1.54, 1.807) is 59.5 Å². The zero-order valence-electron chi connectivity index (χ0n) is 75.5. The number of esters is 1. The number of carboxylic acid groups (broad SMARTS) is 2. The maximum atomic E-state index is 14.4. The Hall–Kier alpha value is -10.1. The SMILES string of the molecule is C=P(O)(O)C(F)(F)c1ccc(CN(Cc2ccc(C(=O)O)cc2)S(=O)(=O)c2ccccc2)cc1Cl.COC(=O)c1ccc(CN(Cc2ccc(C(F)(F)P(=O)(O)O)c(Cl)c2)S(=O)(=O)c2ccccc2)cc1.COc1ccccc1S(=O)(=O)N(Cc1ccc(C(=O)O)cc1)Cc1ccc(C(F)(F)P(=O)(O)O)c(Cl)c1.O=P(O)(O)C(F)(F)c1ccc(CN(c2ccc(C(F)(F)P(=O)(O)O)c(Cl)c2)C2CCc3ccccc32)cc1Cl. The number of rotatable bonds is 36. The van der Waals surface area contributed by atoms with Gasteiger partial charge in [0, 0.05) is 57.1 Å². The number of ether oxygens (including phenoxy) is 2. The minimum atomic E-state index is -5.87. The van der Waals surface area contributed by atoms with Gasteiger partial charge in [0.05, 0.1) is 94.1 Å². The van der Waals surface area contributed by atoms with Crippen LogP contribution in [0.2, 0.25) is 25.1 Å². The number of para-hydroxylation sites is 1. The second-order valence-corrected chi connectivity index (χ2v) is 48.6. The molecule has 54 heteroatoms. The van der Waals surface area contributed by atoms with Crippen molar-refractivity contribution in [3.8, 4) is 5.75 Å². The van der Waals surface area contributed by atoms with Crippen molar-refractivity contribution in [3.05, 3.63) is 393 Å². The van der Waals surface area contributed by atoms with Crippen LogP contribution in [0.15, 0.2) is 288 Å². The summed E-state index contributed by atoms with van der Waals surface area (Å²) in [5, 5.41) is 15.3. The van der Waals surface area contributed by atoms with Crippen molar-refractivity contribution < 1.29 is 170 Å². The lowest BCUT2D eigenvalue weighted by molar-refractivity contribution is 0.0565. The predicted octanol–water partition coefficient (Wildman–Crippen LogP) is 21.3. The van der Waals surface area contributed by atoms with Crippen molar-refractivity contribution in [2.45, 2.75) is 108 Å². The Morgan fingerprint density at radius 2 is 0.646 bits per heavy atom. The Morgan fingerprint density at radius 3 is 0.966 bits per heavy atom. The molecule has 147 heavy (non-hydrogen) atoms. The van der Waals surface area contributed by atoms with Gasteiger partial charge in [-0.25, -0.2) is 39.6 Å². The maximum Gasteiger partial charge on any atom is 0.399 e. The van der Waals surface area contributed by atoms with Gasteiger partial charge in [0.2, 0.25) is 30.1 Å².